The molecule has 88 valence electrons. The van der Waals surface area contributed by atoms with Gasteiger partial charge in [-0.05, 0) is 24.3 Å². The van der Waals surface area contributed by atoms with E-state index in [2.05, 4.69) is 24.3 Å². The minimum Gasteiger partial charge on any atom is -0.389 e. The van der Waals surface area contributed by atoms with Gasteiger partial charge in [0.15, 0.2) is 0 Å². The SMILES string of the molecule is CCC(O)/C=C(/SC)SCc1ccccc1. The fraction of sp³-hybridized carbons (Fsp3) is 0.385. The first kappa shape index (κ1) is 13.7. The van der Waals surface area contributed by atoms with Crippen molar-refractivity contribution >= 4 is 23.5 Å². The van der Waals surface area contributed by atoms with Crippen molar-refractivity contribution in [2.75, 3.05) is 6.26 Å². The van der Waals surface area contributed by atoms with E-state index in [0.29, 0.717) is 0 Å². The summed E-state index contributed by atoms with van der Waals surface area (Å²) >= 11 is 3.48. The molecule has 16 heavy (non-hydrogen) atoms. The lowest BCUT2D eigenvalue weighted by molar-refractivity contribution is 0.219. The summed E-state index contributed by atoms with van der Waals surface area (Å²) in [6.07, 6.45) is 4.45. The number of benzene rings is 1. The molecular weight excluding hydrogens is 236 g/mol. The zero-order chi connectivity index (χ0) is 11.8. The number of hydrogen-bond acceptors (Lipinski definition) is 3. The van der Waals surface area contributed by atoms with Gasteiger partial charge in [-0.15, -0.1) is 23.5 Å². The van der Waals surface area contributed by atoms with Crippen molar-refractivity contribution in [1.82, 2.24) is 0 Å². The minimum absolute atomic E-state index is 0.314. The molecule has 0 aliphatic rings. The Kier molecular flexibility index (Phi) is 6.69. The first-order valence-corrected chi connectivity index (χ1v) is 7.58. The van der Waals surface area contributed by atoms with Crippen LogP contribution >= 0.6 is 23.5 Å². The summed E-state index contributed by atoms with van der Waals surface area (Å²) in [6, 6.07) is 10.4. The lowest BCUT2D eigenvalue weighted by Gasteiger charge is -2.07. The Labute approximate surface area is 106 Å². The van der Waals surface area contributed by atoms with Crippen molar-refractivity contribution in [3.05, 3.63) is 46.2 Å². The second kappa shape index (κ2) is 7.82. The van der Waals surface area contributed by atoms with E-state index in [1.165, 1.54) is 9.80 Å². The van der Waals surface area contributed by atoms with Gasteiger partial charge in [0.1, 0.15) is 0 Å². The minimum atomic E-state index is -0.314. The lowest BCUT2D eigenvalue weighted by atomic mass is 10.2. The van der Waals surface area contributed by atoms with Crippen LogP contribution in [-0.4, -0.2) is 17.5 Å². The van der Waals surface area contributed by atoms with Crippen molar-refractivity contribution < 1.29 is 5.11 Å². The molecule has 1 N–H and O–H groups in total. The molecule has 1 aromatic rings. The normalized spacial score (nSPS) is 13.8. The topological polar surface area (TPSA) is 20.2 Å². The van der Waals surface area contributed by atoms with Gasteiger partial charge in [-0.25, -0.2) is 0 Å². The number of thioether (sulfide) groups is 2. The summed E-state index contributed by atoms with van der Waals surface area (Å²) in [5.74, 6) is 0.962. The maximum Gasteiger partial charge on any atom is 0.0737 e. The summed E-state index contributed by atoms with van der Waals surface area (Å²) < 4.78 is 1.19. The average Bonchev–Trinajstić information content (AvgIpc) is 2.35. The van der Waals surface area contributed by atoms with Crippen molar-refractivity contribution in [2.24, 2.45) is 0 Å². The third-order valence-electron chi connectivity index (χ3n) is 2.17. The maximum absolute atomic E-state index is 9.55. The summed E-state index contributed by atoms with van der Waals surface area (Å²) in [4.78, 5) is 0. The van der Waals surface area contributed by atoms with Crippen LogP contribution in [0.15, 0.2) is 40.6 Å². The van der Waals surface area contributed by atoms with Crippen LogP contribution in [-0.2, 0) is 5.75 Å². The molecule has 0 radical (unpaired) electrons. The Morgan fingerprint density at radius 2 is 2.06 bits per heavy atom. The van der Waals surface area contributed by atoms with E-state index < -0.39 is 0 Å². The molecule has 0 saturated carbocycles. The molecule has 3 heteroatoms. The summed E-state index contributed by atoms with van der Waals surface area (Å²) in [5, 5.41) is 9.55. The van der Waals surface area contributed by atoms with Crippen molar-refractivity contribution in [3.63, 3.8) is 0 Å². The van der Waals surface area contributed by atoms with Gasteiger partial charge >= 0.3 is 0 Å². The van der Waals surface area contributed by atoms with E-state index in [0.717, 1.165) is 12.2 Å². The average molecular weight is 254 g/mol. The number of aliphatic hydroxyl groups excluding tert-OH is 1. The predicted molar refractivity (Wildman–Crippen MR) is 75.6 cm³/mol. The molecule has 0 amide bonds. The molecule has 1 atom stereocenters. The van der Waals surface area contributed by atoms with Crippen LogP contribution < -0.4 is 0 Å². The quantitative estimate of drug-likeness (QED) is 0.831. The van der Waals surface area contributed by atoms with Crippen LogP contribution in [0.3, 0.4) is 0 Å². The van der Waals surface area contributed by atoms with Crippen LogP contribution in [0.2, 0.25) is 0 Å². The summed E-state index contributed by atoms with van der Waals surface area (Å²) in [7, 11) is 0. The molecule has 0 bridgehead atoms. The molecule has 0 aliphatic heterocycles. The standard InChI is InChI=1S/C13H18OS2/c1-3-12(14)9-13(15-2)16-10-11-7-5-4-6-8-11/h4-9,12,14H,3,10H2,1-2H3/b13-9-. The largest absolute Gasteiger partial charge is 0.389 e. The Morgan fingerprint density at radius 3 is 2.62 bits per heavy atom. The van der Waals surface area contributed by atoms with Gasteiger partial charge < -0.3 is 5.11 Å². The fourth-order valence-electron chi connectivity index (χ4n) is 1.18. The molecule has 0 aromatic heterocycles. The van der Waals surface area contributed by atoms with Crippen molar-refractivity contribution in [1.29, 1.82) is 0 Å². The van der Waals surface area contributed by atoms with E-state index in [1.807, 2.05) is 25.3 Å². The van der Waals surface area contributed by atoms with Gasteiger partial charge in [-0.1, -0.05) is 37.3 Å². The molecule has 1 unspecified atom stereocenters. The van der Waals surface area contributed by atoms with E-state index in [1.54, 1.807) is 23.5 Å². The highest BCUT2D eigenvalue weighted by Gasteiger charge is 2.02. The van der Waals surface area contributed by atoms with E-state index in [-0.39, 0.29) is 6.10 Å². The number of aliphatic hydroxyl groups is 1. The molecule has 0 aliphatic carbocycles. The van der Waals surface area contributed by atoms with Crippen LogP contribution in [0.5, 0.6) is 0 Å². The summed E-state index contributed by atoms with van der Waals surface area (Å²) in [5.41, 5.74) is 1.32. The first-order valence-electron chi connectivity index (χ1n) is 5.36. The number of hydrogen-bond donors (Lipinski definition) is 1. The monoisotopic (exact) mass is 254 g/mol. The lowest BCUT2D eigenvalue weighted by Crippen LogP contribution is -1.99. The van der Waals surface area contributed by atoms with Crippen LogP contribution in [0, 0.1) is 0 Å². The molecule has 0 saturated heterocycles. The summed E-state index contributed by atoms with van der Waals surface area (Å²) in [6.45, 7) is 1.99. The molecule has 1 nitrogen and oxygen atoms in total. The Balaban J connectivity index is 2.49. The maximum atomic E-state index is 9.55. The van der Waals surface area contributed by atoms with Crippen LogP contribution in [0.4, 0.5) is 0 Å². The highest BCUT2D eigenvalue weighted by molar-refractivity contribution is 8.21. The molecule has 0 spiro atoms. The smallest absolute Gasteiger partial charge is 0.0737 e. The van der Waals surface area contributed by atoms with Gasteiger partial charge in [0.2, 0.25) is 0 Å². The molecule has 0 heterocycles. The highest BCUT2D eigenvalue weighted by Crippen LogP contribution is 2.29. The van der Waals surface area contributed by atoms with Crippen LogP contribution in [0.1, 0.15) is 18.9 Å². The van der Waals surface area contributed by atoms with Gasteiger partial charge in [0.25, 0.3) is 0 Å². The first-order chi connectivity index (χ1) is 7.76. The van der Waals surface area contributed by atoms with E-state index in [4.69, 9.17) is 0 Å². The molecule has 1 aromatic carbocycles. The van der Waals surface area contributed by atoms with E-state index >= 15 is 0 Å². The van der Waals surface area contributed by atoms with Crippen LogP contribution in [0.25, 0.3) is 0 Å². The van der Waals surface area contributed by atoms with Gasteiger partial charge in [-0.2, -0.15) is 0 Å². The Hall–Kier alpha value is -0.380. The Morgan fingerprint density at radius 1 is 1.38 bits per heavy atom. The zero-order valence-corrected chi connectivity index (χ0v) is 11.4. The van der Waals surface area contributed by atoms with Gasteiger partial charge in [-0.3, -0.25) is 0 Å². The Bertz CT molecular complexity index is 322. The van der Waals surface area contributed by atoms with E-state index in [9.17, 15) is 5.11 Å². The highest BCUT2D eigenvalue weighted by atomic mass is 32.2. The third kappa shape index (κ3) is 5.10. The zero-order valence-electron chi connectivity index (χ0n) is 9.72. The predicted octanol–water partition coefficient (Wildman–Crippen LogP) is 3.90. The molecule has 0 fully saturated rings. The molecule has 1 rings (SSSR count). The second-order valence-corrected chi connectivity index (χ2v) is 5.56. The van der Waals surface area contributed by atoms with Crippen molar-refractivity contribution in [3.8, 4) is 0 Å². The fourth-order valence-corrected chi connectivity index (χ4v) is 2.87. The van der Waals surface area contributed by atoms with Gasteiger partial charge in [0.05, 0.1) is 6.10 Å². The van der Waals surface area contributed by atoms with Crippen molar-refractivity contribution in [2.45, 2.75) is 25.2 Å². The third-order valence-corrected chi connectivity index (χ3v) is 4.46. The second-order valence-electron chi connectivity index (χ2n) is 3.44. The van der Waals surface area contributed by atoms with Gasteiger partial charge in [0, 0.05) is 9.99 Å². The number of rotatable bonds is 6. The molecular formula is C13H18OS2.